The molecule has 1 unspecified atom stereocenters. The molecule has 4 nitrogen and oxygen atoms in total. The lowest BCUT2D eigenvalue weighted by Crippen LogP contribution is -2.57. The van der Waals surface area contributed by atoms with Gasteiger partial charge in [0.1, 0.15) is 0 Å². The van der Waals surface area contributed by atoms with Crippen LogP contribution in [0.2, 0.25) is 0 Å². The Bertz CT molecular complexity index is 564. The van der Waals surface area contributed by atoms with E-state index in [0.29, 0.717) is 18.8 Å². The second-order valence-corrected chi connectivity index (χ2v) is 6.24. The van der Waals surface area contributed by atoms with Gasteiger partial charge < -0.3 is 5.32 Å². The minimum atomic E-state index is -0.540. The highest BCUT2D eigenvalue weighted by Gasteiger charge is 2.49. The van der Waals surface area contributed by atoms with Crippen molar-refractivity contribution >= 4 is 11.8 Å². The molecule has 1 aromatic carbocycles. The second kappa shape index (κ2) is 5.60. The van der Waals surface area contributed by atoms with Gasteiger partial charge in [-0.25, -0.2) is 0 Å². The predicted molar refractivity (Wildman–Crippen MR) is 80.8 cm³/mol. The highest BCUT2D eigenvalue weighted by molar-refractivity contribution is 6.03. The fraction of sp³-hybridized carbons (Fsp3) is 0.529. The lowest BCUT2D eigenvalue weighted by molar-refractivity contribution is -0.140. The summed E-state index contributed by atoms with van der Waals surface area (Å²) in [5.41, 5.74) is 1.69. The van der Waals surface area contributed by atoms with Crippen LogP contribution >= 0.6 is 0 Å². The number of nitrogens with one attached hydrogen (secondary N) is 2. The second-order valence-electron chi connectivity index (χ2n) is 6.24. The molecule has 0 aromatic heterocycles. The number of carbonyl (C=O) groups excluding carboxylic acids is 2. The lowest BCUT2D eigenvalue weighted by atomic mass is 9.62. The van der Waals surface area contributed by atoms with Gasteiger partial charge in [0.15, 0.2) is 0 Å². The monoisotopic (exact) mass is 286 g/mol. The molecule has 2 aliphatic rings. The van der Waals surface area contributed by atoms with Crippen molar-refractivity contribution in [2.75, 3.05) is 13.1 Å². The summed E-state index contributed by atoms with van der Waals surface area (Å²) in [5.74, 6) is 0.0575. The van der Waals surface area contributed by atoms with Crippen LogP contribution in [-0.4, -0.2) is 24.9 Å². The SMILES string of the molecule is Cc1cccc(C2(C3CCNCC3)CCC(=O)NC2=O)c1. The fourth-order valence-electron chi connectivity index (χ4n) is 3.86. The van der Waals surface area contributed by atoms with Gasteiger partial charge in [-0.1, -0.05) is 29.8 Å². The van der Waals surface area contributed by atoms with Crippen LogP contribution in [0.5, 0.6) is 0 Å². The topological polar surface area (TPSA) is 58.2 Å². The van der Waals surface area contributed by atoms with Crippen LogP contribution in [0.3, 0.4) is 0 Å². The number of hydrogen-bond donors (Lipinski definition) is 2. The van der Waals surface area contributed by atoms with Gasteiger partial charge in [-0.15, -0.1) is 0 Å². The quantitative estimate of drug-likeness (QED) is 0.813. The van der Waals surface area contributed by atoms with Gasteiger partial charge in [-0.05, 0) is 50.8 Å². The van der Waals surface area contributed by atoms with Gasteiger partial charge in [-0.3, -0.25) is 14.9 Å². The van der Waals surface area contributed by atoms with E-state index in [1.165, 1.54) is 0 Å². The Morgan fingerprint density at radius 2 is 1.95 bits per heavy atom. The number of rotatable bonds is 2. The highest BCUT2D eigenvalue weighted by Crippen LogP contribution is 2.43. The zero-order valence-electron chi connectivity index (χ0n) is 12.4. The molecule has 2 saturated heterocycles. The van der Waals surface area contributed by atoms with Crippen LogP contribution in [0, 0.1) is 12.8 Å². The molecule has 0 aliphatic carbocycles. The number of benzene rings is 1. The number of piperidine rings is 2. The van der Waals surface area contributed by atoms with Gasteiger partial charge in [0.25, 0.3) is 0 Å². The maximum Gasteiger partial charge on any atom is 0.237 e. The van der Waals surface area contributed by atoms with Crippen LogP contribution in [0.4, 0.5) is 0 Å². The van der Waals surface area contributed by atoms with Gasteiger partial charge in [0.05, 0.1) is 5.41 Å². The maximum atomic E-state index is 12.8. The van der Waals surface area contributed by atoms with Gasteiger partial charge in [-0.2, -0.15) is 0 Å². The molecular formula is C17H22N2O2. The highest BCUT2D eigenvalue weighted by atomic mass is 16.2. The van der Waals surface area contributed by atoms with Crippen LogP contribution < -0.4 is 10.6 Å². The molecule has 2 fully saturated rings. The minimum Gasteiger partial charge on any atom is -0.317 e. The van der Waals surface area contributed by atoms with E-state index in [4.69, 9.17) is 0 Å². The normalized spacial score (nSPS) is 27.5. The molecule has 0 spiro atoms. The summed E-state index contributed by atoms with van der Waals surface area (Å²) in [5, 5.41) is 5.95. The molecule has 2 aliphatic heterocycles. The number of hydrogen-bond acceptors (Lipinski definition) is 3. The summed E-state index contributed by atoms with van der Waals surface area (Å²) in [6.07, 6.45) is 3.03. The van der Waals surface area contributed by atoms with Crippen molar-refractivity contribution in [3.05, 3.63) is 35.4 Å². The van der Waals surface area contributed by atoms with Crippen molar-refractivity contribution in [2.24, 2.45) is 5.92 Å². The third-order valence-corrected chi connectivity index (χ3v) is 4.97. The molecule has 0 bridgehead atoms. The summed E-state index contributed by atoms with van der Waals surface area (Å²) < 4.78 is 0. The molecule has 3 rings (SSSR count). The van der Waals surface area contributed by atoms with E-state index in [-0.39, 0.29) is 11.8 Å². The number of aryl methyl sites for hydroxylation is 1. The summed E-state index contributed by atoms with van der Waals surface area (Å²) in [6.45, 7) is 3.93. The number of amides is 2. The van der Waals surface area contributed by atoms with Crippen molar-refractivity contribution in [2.45, 2.75) is 38.0 Å². The first-order valence-electron chi connectivity index (χ1n) is 7.75. The molecule has 2 amide bonds. The molecule has 2 N–H and O–H groups in total. The maximum absolute atomic E-state index is 12.8. The van der Waals surface area contributed by atoms with E-state index in [2.05, 4.69) is 16.7 Å². The number of imide groups is 1. The number of carbonyl (C=O) groups is 2. The van der Waals surface area contributed by atoms with E-state index >= 15 is 0 Å². The first-order chi connectivity index (χ1) is 10.1. The summed E-state index contributed by atoms with van der Waals surface area (Å²) in [6, 6.07) is 8.21. The molecule has 112 valence electrons. The predicted octanol–water partition coefficient (Wildman–Crippen LogP) is 1.67. The van der Waals surface area contributed by atoms with Gasteiger partial charge in [0, 0.05) is 6.42 Å². The zero-order valence-corrected chi connectivity index (χ0v) is 12.4. The Balaban J connectivity index is 2.05. The standard InChI is InChI=1S/C17H22N2O2/c1-12-3-2-4-14(11-12)17(13-6-9-18-10-7-13)8-5-15(20)19-16(17)21/h2-4,11,13,18H,5-10H2,1H3,(H,19,20,21). The first-order valence-corrected chi connectivity index (χ1v) is 7.75. The molecular weight excluding hydrogens is 264 g/mol. The summed E-state index contributed by atoms with van der Waals surface area (Å²) in [7, 11) is 0. The molecule has 1 atom stereocenters. The van der Waals surface area contributed by atoms with E-state index in [0.717, 1.165) is 37.1 Å². The molecule has 2 heterocycles. The fourth-order valence-corrected chi connectivity index (χ4v) is 3.86. The van der Waals surface area contributed by atoms with Crippen LogP contribution in [0.25, 0.3) is 0 Å². The first kappa shape index (κ1) is 14.3. The third kappa shape index (κ3) is 2.48. The average Bonchev–Trinajstić information content (AvgIpc) is 2.49. The third-order valence-electron chi connectivity index (χ3n) is 4.97. The van der Waals surface area contributed by atoms with E-state index in [1.807, 2.05) is 25.1 Å². The molecule has 0 saturated carbocycles. The molecule has 0 radical (unpaired) electrons. The molecule has 1 aromatic rings. The van der Waals surface area contributed by atoms with Crippen molar-refractivity contribution in [3.63, 3.8) is 0 Å². The van der Waals surface area contributed by atoms with Gasteiger partial charge in [0.2, 0.25) is 11.8 Å². The smallest absolute Gasteiger partial charge is 0.237 e. The van der Waals surface area contributed by atoms with Crippen LogP contribution in [0.1, 0.15) is 36.8 Å². The van der Waals surface area contributed by atoms with Gasteiger partial charge >= 0.3 is 0 Å². The average molecular weight is 286 g/mol. The van der Waals surface area contributed by atoms with Crippen molar-refractivity contribution in [3.8, 4) is 0 Å². The Morgan fingerprint density at radius 3 is 2.62 bits per heavy atom. The van der Waals surface area contributed by atoms with E-state index in [9.17, 15) is 9.59 Å². The Kier molecular flexibility index (Phi) is 3.81. The molecule has 4 heteroatoms. The van der Waals surface area contributed by atoms with Crippen molar-refractivity contribution in [1.82, 2.24) is 10.6 Å². The Hall–Kier alpha value is -1.68. The van der Waals surface area contributed by atoms with E-state index < -0.39 is 5.41 Å². The summed E-state index contributed by atoms with van der Waals surface area (Å²) >= 11 is 0. The summed E-state index contributed by atoms with van der Waals surface area (Å²) in [4.78, 5) is 24.4. The minimum absolute atomic E-state index is 0.101. The van der Waals surface area contributed by atoms with Crippen LogP contribution in [-0.2, 0) is 15.0 Å². The molecule has 21 heavy (non-hydrogen) atoms. The zero-order chi connectivity index (χ0) is 14.9. The Morgan fingerprint density at radius 1 is 1.19 bits per heavy atom. The van der Waals surface area contributed by atoms with Crippen molar-refractivity contribution < 1.29 is 9.59 Å². The Labute approximate surface area is 125 Å². The van der Waals surface area contributed by atoms with Crippen molar-refractivity contribution in [1.29, 1.82) is 0 Å². The largest absolute Gasteiger partial charge is 0.317 e. The van der Waals surface area contributed by atoms with Crippen LogP contribution in [0.15, 0.2) is 24.3 Å². The van der Waals surface area contributed by atoms with E-state index in [1.54, 1.807) is 0 Å². The lowest BCUT2D eigenvalue weighted by Gasteiger charge is -2.44.